The molecule has 1 aliphatic rings. The number of alkyl halides is 2. The molecule has 28 heavy (non-hydrogen) atoms. The summed E-state index contributed by atoms with van der Waals surface area (Å²) in [5.41, 5.74) is 1.95. The van der Waals surface area contributed by atoms with Gasteiger partial charge in [0.15, 0.2) is 11.5 Å². The van der Waals surface area contributed by atoms with Crippen molar-refractivity contribution in [1.29, 1.82) is 0 Å². The quantitative estimate of drug-likeness (QED) is 0.651. The molecule has 0 unspecified atom stereocenters. The average Bonchev–Trinajstić information content (AvgIpc) is 3.25. The van der Waals surface area contributed by atoms with Gasteiger partial charge in [-0.2, -0.15) is 0 Å². The van der Waals surface area contributed by atoms with Gasteiger partial charge >= 0.3 is 6.29 Å². The number of hydrogen-bond donors (Lipinski definition) is 1. The zero-order chi connectivity index (χ0) is 19.6. The zero-order valence-corrected chi connectivity index (χ0v) is 15.2. The van der Waals surface area contributed by atoms with Crippen molar-refractivity contribution < 1.29 is 27.5 Å². The summed E-state index contributed by atoms with van der Waals surface area (Å²) in [6, 6.07) is 13.6. The first kappa shape index (κ1) is 18.3. The van der Waals surface area contributed by atoms with Crippen LogP contribution in [-0.4, -0.2) is 22.9 Å². The van der Waals surface area contributed by atoms with Crippen molar-refractivity contribution in [2.24, 2.45) is 0 Å². The van der Waals surface area contributed by atoms with E-state index in [9.17, 15) is 13.6 Å². The molecule has 0 spiro atoms. The van der Waals surface area contributed by atoms with Crippen molar-refractivity contribution >= 4 is 23.4 Å². The fourth-order valence-electron chi connectivity index (χ4n) is 2.56. The number of nitrogens with zero attached hydrogens (tertiary/aromatic N) is 1. The monoisotopic (exact) mass is 404 g/mol. The number of halogens is 2. The van der Waals surface area contributed by atoms with E-state index >= 15 is 0 Å². The largest absolute Gasteiger partial charge is 0.586 e. The molecule has 3 aromatic rings. The number of amides is 1. The van der Waals surface area contributed by atoms with Gasteiger partial charge in [-0.15, -0.1) is 20.5 Å². The number of aromatic nitrogens is 1. The molecule has 6 nitrogen and oxygen atoms in total. The second kappa shape index (κ2) is 7.51. The van der Waals surface area contributed by atoms with Gasteiger partial charge in [0.05, 0.1) is 11.4 Å². The number of ether oxygens (including phenoxy) is 2. The molecule has 0 aliphatic carbocycles. The summed E-state index contributed by atoms with van der Waals surface area (Å²) in [7, 11) is 0. The van der Waals surface area contributed by atoms with Crippen LogP contribution in [0.1, 0.15) is 5.69 Å². The third kappa shape index (κ3) is 4.25. The van der Waals surface area contributed by atoms with Crippen LogP contribution < -0.4 is 14.8 Å². The summed E-state index contributed by atoms with van der Waals surface area (Å²) in [6.07, 6.45) is -2.12. The van der Waals surface area contributed by atoms with Gasteiger partial charge in [-0.05, 0) is 24.3 Å². The smallest absolute Gasteiger partial charge is 0.444 e. The number of carbonyl (C=O) groups is 1. The Kier molecular flexibility index (Phi) is 4.91. The molecule has 1 aromatic heterocycles. The maximum Gasteiger partial charge on any atom is 0.586 e. The van der Waals surface area contributed by atoms with E-state index in [0.29, 0.717) is 17.3 Å². The number of benzene rings is 2. The molecule has 9 heteroatoms. The molecular weight excluding hydrogens is 390 g/mol. The second-order valence-corrected chi connectivity index (χ2v) is 6.87. The number of rotatable bonds is 6. The molecule has 1 N–H and O–H groups in total. The van der Waals surface area contributed by atoms with E-state index in [1.807, 2.05) is 30.3 Å². The van der Waals surface area contributed by atoms with Gasteiger partial charge in [-0.1, -0.05) is 18.2 Å². The van der Waals surface area contributed by atoms with Crippen molar-refractivity contribution in [3.8, 4) is 23.0 Å². The van der Waals surface area contributed by atoms with Gasteiger partial charge in [0.25, 0.3) is 0 Å². The lowest BCUT2D eigenvalue weighted by Gasteiger charge is -2.05. The van der Waals surface area contributed by atoms with Gasteiger partial charge in [0, 0.05) is 23.1 Å². The Morgan fingerprint density at radius 1 is 1.11 bits per heavy atom. The van der Waals surface area contributed by atoms with Crippen LogP contribution in [0.15, 0.2) is 59.2 Å². The third-order valence-corrected chi connectivity index (χ3v) is 4.71. The number of fused-ring (bicyclic) bond motifs is 1. The molecule has 2 heterocycles. The first-order valence-electron chi connectivity index (χ1n) is 8.26. The fraction of sp³-hybridized carbons (Fsp3) is 0.158. The molecule has 1 aliphatic heterocycles. The van der Waals surface area contributed by atoms with Crippen molar-refractivity contribution in [2.45, 2.75) is 12.0 Å². The van der Waals surface area contributed by atoms with E-state index in [-0.39, 0.29) is 23.2 Å². The van der Waals surface area contributed by atoms with Crippen LogP contribution in [0.4, 0.5) is 14.5 Å². The molecular formula is C19H14F2N2O4S. The van der Waals surface area contributed by atoms with E-state index in [2.05, 4.69) is 19.8 Å². The SMILES string of the molecule is O=C(CSCc1coc(-c2ccccc2)n1)Nc1ccc2c(c1)OC(F)(F)O2. The van der Waals surface area contributed by atoms with Crippen LogP contribution in [0, 0.1) is 0 Å². The van der Waals surface area contributed by atoms with Crippen LogP contribution >= 0.6 is 11.8 Å². The third-order valence-electron chi connectivity index (χ3n) is 3.74. The zero-order valence-electron chi connectivity index (χ0n) is 14.4. The van der Waals surface area contributed by atoms with Crippen molar-refractivity contribution in [3.63, 3.8) is 0 Å². The predicted molar refractivity (Wildman–Crippen MR) is 99.4 cm³/mol. The molecule has 0 fully saturated rings. The van der Waals surface area contributed by atoms with Gasteiger partial charge in [-0.3, -0.25) is 4.79 Å². The second-order valence-electron chi connectivity index (χ2n) is 5.88. The number of nitrogens with one attached hydrogen (secondary N) is 1. The van der Waals surface area contributed by atoms with E-state index in [1.165, 1.54) is 30.0 Å². The van der Waals surface area contributed by atoms with Crippen LogP contribution in [0.25, 0.3) is 11.5 Å². The fourth-order valence-corrected chi connectivity index (χ4v) is 3.26. The number of anilines is 1. The Hall–Kier alpha value is -3.07. The van der Waals surface area contributed by atoms with Crippen LogP contribution in [0.2, 0.25) is 0 Å². The van der Waals surface area contributed by atoms with E-state index < -0.39 is 6.29 Å². The molecule has 2 aromatic carbocycles. The van der Waals surface area contributed by atoms with Crippen LogP contribution in [0.5, 0.6) is 11.5 Å². The summed E-state index contributed by atoms with van der Waals surface area (Å²) in [5.74, 6) is 0.722. The molecule has 0 saturated heterocycles. The molecule has 4 rings (SSSR count). The van der Waals surface area contributed by atoms with Gasteiger partial charge in [-0.25, -0.2) is 4.98 Å². The number of thioether (sulfide) groups is 1. The number of carbonyl (C=O) groups excluding carboxylic acids is 1. The molecule has 0 radical (unpaired) electrons. The topological polar surface area (TPSA) is 73.6 Å². The molecule has 0 atom stereocenters. The highest BCUT2D eigenvalue weighted by atomic mass is 32.2. The van der Waals surface area contributed by atoms with Crippen LogP contribution in [0.3, 0.4) is 0 Å². The van der Waals surface area contributed by atoms with E-state index in [1.54, 1.807) is 6.26 Å². The number of oxazole rings is 1. The Morgan fingerprint density at radius 2 is 1.89 bits per heavy atom. The van der Waals surface area contributed by atoms with Gasteiger partial charge in [0.1, 0.15) is 6.26 Å². The normalized spacial score (nSPS) is 14.1. The Balaban J connectivity index is 1.27. The summed E-state index contributed by atoms with van der Waals surface area (Å²) in [6.45, 7) is 0. The minimum absolute atomic E-state index is 0.0716. The Labute approximate surface area is 162 Å². The highest BCUT2D eigenvalue weighted by Crippen LogP contribution is 2.42. The first-order chi connectivity index (χ1) is 13.5. The standard InChI is InChI=1S/C19H14F2N2O4S/c20-19(21)26-15-7-6-13(8-16(15)27-19)22-17(24)11-28-10-14-9-25-18(23-14)12-4-2-1-3-5-12/h1-9H,10-11H2,(H,22,24). The summed E-state index contributed by atoms with van der Waals surface area (Å²) >= 11 is 1.36. The van der Waals surface area contributed by atoms with Crippen molar-refractivity contribution in [2.75, 3.05) is 11.1 Å². The van der Waals surface area contributed by atoms with Gasteiger partial charge in [0.2, 0.25) is 11.8 Å². The predicted octanol–water partition coefficient (Wildman–Crippen LogP) is 4.54. The maximum absolute atomic E-state index is 13.0. The average molecular weight is 404 g/mol. The summed E-state index contributed by atoms with van der Waals surface area (Å²) in [4.78, 5) is 16.5. The molecule has 1 amide bonds. The maximum atomic E-state index is 13.0. The highest BCUT2D eigenvalue weighted by molar-refractivity contribution is 7.99. The minimum atomic E-state index is -3.68. The lowest BCUT2D eigenvalue weighted by Crippen LogP contribution is -2.25. The highest BCUT2D eigenvalue weighted by Gasteiger charge is 2.43. The van der Waals surface area contributed by atoms with Crippen molar-refractivity contribution in [1.82, 2.24) is 4.98 Å². The lowest BCUT2D eigenvalue weighted by atomic mass is 10.2. The number of hydrogen-bond acceptors (Lipinski definition) is 6. The molecule has 144 valence electrons. The van der Waals surface area contributed by atoms with Gasteiger partial charge < -0.3 is 19.2 Å². The Bertz CT molecular complexity index is 995. The van der Waals surface area contributed by atoms with Crippen molar-refractivity contribution in [3.05, 3.63) is 60.5 Å². The summed E-state index contributed by atoms with van der Waals surface area (Å²) < 4.78 is 40.2. The van der Waals surface area contributed by atoms with E-state index in [4.69, 9.17) is 4.42 Å². The van der Waals surface area contributed by atoms with Crippen LogP contribution in [-0.2, 0) is 10.5 Å². The summed E-state index contributed by atoms with van der Waals surface area (Å²) in [5, 5.41) is 2.63. The minimum Gasteiger partial charge on any atom is -0.444 e. The Morgan fingerprint density at radius 3 is 2.71 bits per heavy atom. The lowest BCUT2D eigenvalue weighted by molar-refractivity contribution is -0.286. The first-order valence-corrected chi connectivity index (χ1v) is 9.41. The molecule has 0 bridgehead atoms. The van der Waals surface area contributed by atoms with E-state index in [0.717, 1.165) is 11.3 Å². The molecule has 0 saturated carbocycles.